The maximum atomic E-state index is 9.67. The molecule has 0 amide bonds. The van der Waals surface area contributed by atoms with Crippen LogP contribution >= 0.6 is 0 Å². The van der Waals surface area contributed by atoms with Crippen molar-refractivity contribution in [1.29, 1.82) is 0 Å². The van der Waals surface area contributed by atoms with E-state index in [4.69, 9.17) is 4.74 Å². The van der Waals surface area contributed by atoms with Gasteiger partial charge in [-0.15, -0.1) is 0 Å². The molecule has 0 aliphatic rings. The van der Waals surface area contributed by atoms with Crippen molar-refractivity contribution in [2.24, 2.45) is 0 Å². The fourth-order valence-electron chi connectivity index (χ4n) is 1.16. The highest BCUT2D eigenvalue weighted by molar-refractivity contribution is 4.92. The molecular weight excluding hydrogens is 192 g/mol. The fourth-order valence-corrected chi connectivity index (χ4v) is 1.16. The molecule has 4 nitrogen and oxygen atoms in total. The van der Waals surface area contributed by atoms with Crippen molar-refractivity contribution in [1.82, 2.24) is 9.97 Å². The lowest BCUT2D eigenvalue weighted by Gasteiger charge is -2.08. The average Bonchev–Trinajstić information content (AvgIpc) is 2.30. The van der Waals surface area contributed by atoms with Crippen LogP contribution in [0.4, 0.5) is 0 Å². The number of hydrogen-bond acceptors (Lipinski definition) is 4. The summed E-state index contributed by atoms with van der Waals surface area (Å²) in [7, 11) is 0. The number of rotatable bonds is 7. The summed E-state index contributed by atoms with van der Waals surface area (Å²) in [6, 6.07) is 1.73. The summed E-state index contributed by atoms with van der Waals surface area (Å²) < 4.78 is 5.35. The molecule has 0 spiro atoms. The van der Waals surface area contributed by atoms with Gasteiger partial charge in [0, 0.05) is 32.0 Å². The standard InChI is InChI=1S/C11H18N2O2/c1-2-3-8-15-9-5-10(14)11-12-6-4-7-13-11/h4,6-7,10,14H,2-3,5,8-9H2,1H3. The number of nitrogens with zero attached hydrogens (tertiary/aromatic N) is 2. The minimum absolute atomic E-state index is 0.469. The molecule has 1 aromatic heterocycles. The van der Waals surface area contributed by atoms with E-state index in [0.717, 1.165) is 19.4 Å². The van der Waals surface area contributed by atoms with Crippen molar-refractivity contribution >= 4 is 0 Å². The van der Waals surface area contributed by atoms with Gasteiger partial charge in [-0.05, 0) is 12.5 Å². The molecule has 1 N–H and O–H groups in total. The zero-order valence-electron chi connectivity index (χ0n) is 9.09. The first kappa shape index (κ1) is 12.1. The van der Waals surface area contributed by atoms with E-state index < -0.39 is 6.10 Å². The van der Waals surface area contributed by atoms with Gasteiger partial charge >= 0.3 is 0 Å². The third-order valence-corrected chi connectivity index (χ3v) is 2.06. The van der Waals surface area contributed by atoms with Gasteiger partial charge in [0.25, 0.3) is 0 Å². The molecule has 0 saturated carbocycles. The van der Waals surface area contributed by atoms with Gasteiger partial charge in [0.1, 0.15) is 6.10 Å². The summed E-state index contributed by atoms with van der Waals surface area (Å²) in [4.78, 5) is 7.95. The SMILES string of the molecule is CCCCOCCC(O)c1ncccn1. The van der Waals surface area contributed by atoms with Crippen molar-refractivity contribution in [2.45, 2.75) is 32.3 Å². The number of aliphatic hydroxyl groups excluding tert-OH is 1. The van der Waals surface area contributed by atoms with E-state index in [-0.39, 0.29) is 0 Å². The molecule has 0 aromatic carbocycles. The molecular formula is C11H18N2O2. The van der Waals surface area contributed by atoms with Gasteiger partial charge in [-0.25, -0.2) is 9.97 Å². The van der Waals surface area contributed by atoms with Crippen molar-refractivity contribution in [3.05, 3.63) is 24.3 Å². The molecule has 0 saturated heterocycles. The Labute approximate surface area is 90.3 Å². The van der Waals surface area contributed by atoms with Crippen LogP contribution in [0.2, 0.25) is 0 Å². The predicted octanol–water partition coefficient (Wildman–Crippen LogP) is 1.72. The molecule has 0 bridgehead atoms. The molecule has 0 radical (unpaired) electrons. The Morgan fingerprint density at radius 3 is 2.73 bits per heavy atom. The highest BCUT2D eigenvalue weighted by Gasteiger charge is 2.08. The second-order valence-electron chi connectivity index (χ2n) is 3.38. The summed E-state index contributed by atoms with van der Waals surface area (Å²) in [6.45, 7) is 3.44. The molecule has 0 aliphatic heterocycles. The molecule has 0 fully saturated rings. The van der Waals surface area contributed by atoms with Gasteiger partial charge < -0.3 is 9.84 Å². The van der Waals surface area contributed by atoms with E-state index in [9.17, 15) is 5.11 Å². The fraction of sp³-hybridized carbons (Fsp3) is 0.636. The van der Waals surface area contributed by atoms with Crippen molar-refractivity contribution in [2.75, 3.05) is 13.2 Å². The Morgan fingerprint density at radius 1 is 1.33 bits per heavy atom. The topological polar surface area (TPSA) is 55.2 Å². The van der Waals surface area contributed by atoms with Crippen LogP contribution in [0.25, 0.3) is 0 Å². The molecule has 84 valence electrons. The summed E-state index contributed by atoms with van der Waals surface area (Å²) in [5.41, 5.74) is 0. The minimum atomic E-state index is -0.618. The average molecular weight is 210 g/mol. The van der Waals surface area contributed by atoms with E-state index in [2.05, 4.69) is 16.9 Å². The Morgan fingerprint density at radius 2 is 2.07 bits per heavy atom. The van der Waals surface area contributed by atoms with Crippen LogP contribution in [-0.4, -0.2) is 28.3 Å². The van der Waals surface area contributed by atoms with Crippen LogP contribution in [-0.2, 0) is 4.74 Å². The first-order valence-corrected chi connectivity index (χ1v) is 5.37. The van der Waals surface area contributed by atoms with Crippen LogP contribution in [0.5, 0.6) is 0 Å². The quantitative estimate of drug-likeness (QED) is 0.696. The van der Waals surface area contributed by atoms with E-state index in [1.165, 1.54) is 0 Å². The monoisotopic (exact) mass is 210 g/mol. The zero-order chi connectivity index (χ0) is 10.9. The Kier molecular flexibility index (Phi) is 5.88. The summed E-state index contributed by atoms with van der Waals surface area (Å²) >= 11 is 0. The van der Waals surface area contributed by atoms with Gasteiger partial charge in [-0.1, -0.05) is 13.3 Å². The van der Waals surface area contributed by atoms with E-state index in [1.807, 2.05) is 0 Å². The maximum absolute atomic E-state index is 9.67. The Balaban J connectivity index is 2.16. The summed E-state index contributed by atoms with van der Waals surface area (Å²) in [5.74, 6) is 0.469. The third-order valence-electron chi connectivity index (χ3n) is 2.06. The molecule has 1 aromatic rings. The summed E-state index contributed by atoms with van der Waals surface area (Å²) in [5, 5.41) is 9.67. The lowest BCUT2D eigenvalue weighted by atomic mass is 10.2. The van der Waals surface area contributed by atoms with E-state index >= 15 is 0 Å². The van der Waals surface area contributed by atoms with E-state index in [1.54, 1.807) is 18.5 Å². The van der Waals surface area contributed by atoms with Gasteiger partial charge in [-0.3, -0.25) is 0 Å². The normalized spacial score (nSPS) is 12.7. The molecule has 1 atom stereocenters. The van der Waals surface area contributed by atoms with Crippen LogP contribution in [0.15, 0.2) is 18.5 Å². The van der Waals surface area contributed by atoms with Crippen molar-refractivity contribution < 1.29 is 9.84 Å². The molecule has 15 heavy (non-hydrogen) atoms. The minimum Gasteiger partial charge on any atom is -0.385 e. The number of ether oxygens (including phenoxy) is 1. The zero-order valence-corrected chi connectivity index (χ0v) is 9.09. The summed E-state index contributed by atoms with van der Waals surface area (Å²) in [6.07, 6.45) is 5.39. The number of unbranched alkanes of at least 4 members (excludes halogenated alkanes) is 1. The molecule has 1 heterocycles. The van der Waals surface area contributed by atoms with Crippen LogP contribution < -0.4 is 0 Å². The molecule has 1 unspecified atom stereocenters. The first-order chi connectivity index (χ1) is 7.34. The first-order valence-electron chi connectivity index (χ1n) is 5.37. The molecule has 0 aliphatic carbocycles. The maximum Gasteiger partial charge on any atom is 0.156 e. The van der Waals surface area contributed by atoms with Gasteiger partial charge in [0.2, 0.25) is 0 Å². The van der Waals surface area contributed by atoms with Gasteiger partial charge in [-0.2, -0.15) is 0 Å². The third kappa shape index (κ3) is 4.85. The highest BCUT2D eigenvalue weighted by Crippen LogP contribution is 2.10. The molecule has 1 rings (SSSR count). The number of hydrogen-bond donors (Lipinski definition) is 1. The smallest absolute Gasteiger partial charge is 0.156 e. The molecule has 4 heteroatoms. The Bertz CT molecular complexity index is 254. The predicted molar refractivity (Wildman–Crippen MR) is 57.3 cm³/mol. The second kappa shape index (κ2) is 7.31. The Hall–Kier alpha value is -1.00. The van der Waals surface area contributed by atoms with Gasteiger partial charge in [0.05, 0.1) is 0 Å². The number of aromatic nitrogens is 2. The lowest BCUT2D eigenvalue weighted by Crippen LogP contribution is -2.07. The second-order valence-corrected chi connectivity index (χ2v) is 3.38. The highest BCUT2D eigenvalue weighted by atomic mass is 16.5. The number of aliphatic hydroxyl groups is 1. The lowest BCUT2D eigenvalue weighted by molar-refractivity contribution is 0.0767. The van der Waals surface area contributed by atoms with Gasteiger partial charge in [0.15, 0.2) is 5.82 Å². The largest absolute Gasteiger partial charge is 0.385 e. The van der Waals surface area contributed by atoms with Crippen molar-refractivity contribution in [3.63, 3.8) is 0 Å². The van der Waals surface area contributed by atoms with Crippen LogP contribution in [0.3, 0.4) is 0 Å². The van der Waals surface area contributed by atoms with Crippen molar-refractivity contribution in [3.8, 4) is 0 Å². The van der Waals surface area contributed by atoms with E-state index in [0.29, 0.717) is 18.9 Å². The van der Waals surface area contributed by atoms with Crippen LogP contribution in [0.1, 0.15) is 38.1 Å². The van der Waals surface area contributed by atoms with Crippen LogP contribution in [0, 0.1) is 0 Å².